The number of pyridine rings is 2. The van der Waals surface area contributed by atoms with Gasteiger partial charge < -0.3 is 9.84 Å². The molecule has 3 N–H and O–H groups in total. The Kier molecular flexibility index (Phi) is 9.71. The SMILES string of the molecule is CCC(C1=C(O)CC(CC)(c2cccc(NS(=O)(=O)c3ccc(C#N)cn3)c2)OC1=O)c1cccc(NS(=O)(=O)c2ccc(C#N)cn2)c1. The molecule has 2 unspecified atom stereocenters. The van der Waals surface area contributed by atoms with Gasteiger partial charge in [-0.3, -0.25) is 9.44 Å². The van der Waals surface area contributed by atoms with Gasteiger partial charge >= 0.3 is 5.97 Å². The van der Waals surface area contributed by atoms with E-state index in [4.69, 9.17) is 15.3 Å². The second kappa shape index (κ2) is 13.8. The van der Waals surface area contributed by atoms with E-state index in [9.17, 15) is 26.7 Å². The average molecular weight is 699 g/mol. The fraction of sp³-hybridized carbons (Fsp3) is 0.206. The van der Waals surface area contributed by atoms with Gasteiger partial charge in [0.05, 0.1) is 16.7 Å². The minimum Gasteiger partial charge on any atom is -0.512 e. The van der Waals surface area contributed by atoms with Crippen LogP contribution in [-0.4, -0.2) is 37.9 Å². The first-order valence-electron chi connectivity index (χ1n) is 15.0. The van der Waals surface area contributed by atoms with Gasteiger partial charge in [0, 0.05) is 36.1 Å². The summed E-state index contributed by atoms with van der Waals surface area (Å²) in [7, 11) is -8.22. The van der Waals surface area contributed by atoms with Crippen LogP contribution >= 0.6 is 0 Å². The van der Waals surface area contributed by atoms with Crippen LogP contribution in [0.25, 0.3) is 0 Å². The highest BCUT2D eigenvalue weighted by atomic mass is 32.2. The van der Waals surface area contributed by atoms with Crippen LogP contribution in [0.5, 0.6) is 0 Å². The number of rotatable bonds is 11. The standard InChI is InChI=1S/C34H30N6O7S2/c1-3-28(24-7-5-9-26(15-24)39-48(43,44)30-13-11-22(18-35)20-37-30)32-29(41)17-34(4-2,47-33(32)42)25-8-6-10-27(16-25)40-49(45,46)31-14-12-23(19-36)21-38-31/h5-16,20-21,28,39-41H,3-4,17H2,1-2H3. The molecule has 2 aromatic carbocycles. The van der Waals surface area contributed by atoms with E-state index in [0.717, 1.165) is 12.4 Å². The normalized spacial score (nSPS) is 16.9. The summed E-state index contributed by atoms with van der Waals surface area (Å²) in [6.07, 6.45) is 2.83. The third-order valence-electron chi connectivity index (χ3n) is 8.06. The van der Waals surface area contributed by atoms with Gasteiger partial charge in [0.1, 0.15) is 23.5 Å². The first kappa shape index (κ1) is 34.6. The number of carbonyl (C=O) groups is 1. The Hall–Kier alpha value is -5.77. The van der Waals surface area contributed by atoms with Crippen molar-refractivity contribution in [2.75, 3.05) is 9.44 Å². The second-order valence-corrected chi connectivity index (χ2v) is 14.4. The summed E-state index contributed by atoms with van der Waals surface area (Å²) >= 11 is 0. The van der Waals surface area contributed by atoms with Crippen LogP contribution < -0.4 is 9.44 Å². The minimum absolute atomic E-state index is 0.0316. The fourth-order valence-electron chi connectivity index (χ4n) is 5.57. The molecule has 2 atom stereocenters. The van der Waals surface area contributed by atoms with E-state index in [1.807, 2.05) is 19.1 Å². The van der Waals surface area contributed by atoms with Crippen molar-refractivity contribution in [3.8, 4) is 12.1 Å². The lowest BCUT2D eigenvalue weighted by Gasteiger charge is -2.38. The molecule has 1 aliphatic rings. The maximum Gasteiger partial charge on any atom is 0.338 e. The van der Waals surface area contributed by atoms with E-state index in [-0.39, 0.29) is 56.7 Å². The topological polar surface area (TPSA) is 212 Å². The number of aliphatic hydroxyl groups excluding tert-OH is 1. The zero-order chi connectivity index (χ0) is 35.4. The van der Waals surface area contributed by atoms with Gasteiger partial charge in [-0.15, -0.1) is 0 Å². The smallest absolute Gasteiger partial charge is 0.338 e. The van der Waals surface area contributed by atoms with E-state index >= 15 is 0 Å². The number of nitrogens with zero attached hydrogens (tertiary/aromatic N) is 4. The molecular weight excluding hydrogens is 669 g/mol. The number of anilines is 2. The minimum atomic E-state index is -4.12. The summed E-state index contributed by atoms with van der Waals surface area (Å²) in [4.78, 5) is 21.4. The highest BCUT2D eigenvalue weighted by Crippen LogP contribution is 2.45. The summed E-state index contributed by atoms with van der Waals surface area (Å²) in [5.74, 6) is -1.62. The molecule has 0 spiro atoms. The van der Waals surface area contributed by atoms with Crippen LogP contribution in [0.4, 0.5) is 11.4 Å². The zero-order valence-corrected chi connectivity index (χ0v) is 27.9. The van der Waals surface area contributed by atoms with Gasteiger partial charge in [-0.25, -0.2) is 14.8 Å². The van der Waals surface area contributed by atoms with Crippen LogP contribution in [0.1, 0.15) is 61.3 Å². The van der Waals surface area contributed by atoms with E-state index in [1.54, 1.807) is 37.3 Å². The first-order valence-corrected chi connectivity index (χ1v) is 17.9. The number of nitrogens with one attached hydrogen (secondary N) is 2. The summed E-state index contributed by atoms with van der Waals surface area (Å²) < 4.78 is 62.9. The molecule has 0 fully saturated rings. The highest BCUT2D eigenvalue weighted by Gasteiger charge is 2.44. The van der Waals surface area contributed by atoms with Crippen molar-refractivity contribution in [2.45, 2.75) is 54.7 Å². The Labute approximate surface area is 283 Å². The van der Waals surface area contributed by atoms with Crippen molar-refractivity contribution in [2.24, 2.45) is 0 Å². The lowest BCUT2D eigenvalue weighted by atomic mass is 9.80. The summed E-state index contributed by atoms with van der Waals surface area (Å²) in [6.45, 7) is 3.59. The van der Waals surface area contributed by atoms with Crippen LogP contribution in [-0.2, 0) is 35.2 Å². The molecule has 0 saturated heterocycles. The maximum absolute atomic E-state index is 13.7. The lowest BCUT2D eigenvalue weighted by Crippen LogP contribution is -2.38. The molecule has 13 nitrogen and oxygen atoms in total. The van der Waals surface area contributed by atoms with Gasteiger partial charge in [-0.05, 0) is 72.5 Å². The first-order chi connectivity index (χ1) is 23.3. The molecule has 4 aromatic rings. The molecular formula is C34H30N6O7S2. The number of carbonyl (C=O) groups excluding carboxylic acids is 1. The van der Waals surface area contributed by atoms with Crippen molar-refractivity contribution in [3.63, 3.8) is 0 Å². The van der Waals surface area contributed by atoms with Gasteiger partial charge in [0.2, 0.25) is 0 Å². The molecule has 0 aliphatic carbocycles. The molecule has 0 bridgehead atoms. The number of nitriles is 2. The van der Waals surface area contributed by atoms with Crippen molar-refractivity contribution < 1.29 is 31.5 Å². The molecule has 0 amide bonds. The summed E-state index contributed by atoms with van der Waals surface area (Å²) in [5.41, 5.74) is 0.493. The van der Waals surface area contributed by atoms with Crippen molar-refractivity contribution in [3.05, 3.63) is 119 Å². The van der Waals surface area contributed by atoms with E-state index in [1.165, 1.54) is 42.5 Å². The molecule has 3 heterocycles. The van der Waals surface area contributed by atoms with Gasteiger partial charge in [0.15, 0.2) is 10.1 Å². The van der Waals surface area contributed by atoms with Crippen molar-refractivity contribution in [1.29, 1.82) is 10.5 Å². The Morgan fingerprint density at radius 1 is 0.857 bits per heavy atom. The second-order valence-electron chi connectivity index (χ2n) is 11.1. The third-order valence-corrected chi connectivity index (χ3v) is 10.7. The Bertz CT molecular complexity index is 2240. The number of esters is 1. The third kappa shape index (κ3) is 7.23. The Morgan fingerprint density at radius 3 is 1.88 bits per heavy atom. The van der Waals surface area contributed by atoms with E-state index < -0.39 is 37.5 Å². The number of hydrogen-bond acceptors (Lipinski definition) is 11. The number of hydrogen-bond donors (Lipinski definition) is 3. The molecule has 15 heteroatoms. The number of benzene rings is 2. The van der Waals surface area contributed by atoms with Gasteiger partial charge in [-0.2, -0.15) is 27.4 Å². The van der Waals surface area contributed by atoms with Crippen molar-refractivity contribution >= 4 is 37.4 Å². The molecule has 0 radical (unpaired) electrons. The van der Waals surface area contributed by atoms with Crippen molar-refractivity contribution in [1.82, 2.24) is 9.97 Å². The molecule has 5 rings (SSSR count). The lowest BCUT2D eigenvalue weighted by molar-refractivity contribution is -0.161. The van der Waals surface area contributed by atoms with E-state index in [2.05, 4.69) is 19.4 Å². The van der Waals surface area contributed by atoms with Crippen LogP contribution in [0.15, 0.2) is 107 Å². The van der Waals surface area contributed by atoms with Crippen LogP contribution in [0.2, 0.25) is 0 Å². The zero-order valence-electron chi connectivity index (χ0n) is 26.3. The predicted molar refractivity (Wildman–Crippen MR) is 178 cm³/mol. The summed E-state index contributed by atoms with van der Waals surface area (Å²) in [5, 5.41) is 28.8. The highest BCUT2D eigenvalue weighted by molar-refractivity contribution is 7.93. The monoisotopic (exact) mass is 698 g/mol. The van der Waals surface area contributed by atoms with E-state index in [0.29, 0.717) is 17.5 Å². The number of cyclic esters (lactones) is 1. The molecule has 1 aliphatic heterocycles. The van der Waals surface area contributed by atoms with Crippen LogP contribution in [0, 0.1) is 22.7 Å². The number of ether oxygens (including phenoxy) is 1. The summed E-state index contributed by atoms with van der Waals surface area (Å²) in [6, 6.07) is 21.6. The van der Waals surface area contributed by atoms with Crippen LogP contribution in [0.3, 0.4) is 0 Å². The largest absolute Gasteiger partial charge is 0.512 e. The number of aliphatic hydroxyl groups is 1. The molecule has 49 heavy (non-hydrogen) atoms. The molecule has 2 aromatic heterocycles. The number of sulfonamides is 2. The average Bonchev–Trinajstić information content (AvgIpc) is 3.09. The predicted octanol–water partition coefficient (Wildman–Crippen LogP) is 5.38. The van der Waals surface area contributed by atoms with Gasteiger partial charge in [0.25, 0.3) is 20.0 Å². The Morgan fingerprint density at radius 2 is 1.41 bits per heavy atom. The maximum atomic E-state index is 13.7. The molecule has 250 valence electrons. The van der Waals surface area contributed by atoms with Gasteiger partial charge in [-0.1, -0.05) is 38.1 Å². The fourth-order valence-corrected chi connectivity index (χ4v) is 7.54. The molecule has 0 saturated carbocycles. The quantitative estimate of drug-likeness (QED) is 0.169. The number of aromatic nitrogens is 2. The Balaban J connectivity index is 1.41.